The number of ether oxygens (including phenoxy) is 1. The fraction of sp³-hybridized carbons (Fsp3) is 0.235. The summed E-state index contributed by atoms with van der Waals surface area (Å²) >= 11 is 0. The zero-order valence-corrected chi connectivity index (χ0v) is 13.3. The Morgan fingerprint density at radius 1 is 1.29 bits per heavy atom. The fourth-order valence-corrected chi connectivity index (χ4v) is 2.11. The zero-order valence-electron chi connectivity index (χ0n) is 13.3. The Balaban J connectivity index is 2.13. The molecule has 2 rings (SSSR count). The number of nitro benzene ring substituents is 1. The smallest absolute Gasteiger partial charge is 0.311 e. The SMILES string of the molecule is CCOc1ccc(C(=O)NCc2ccc(C)c(F)c2)cc1[N+](=O)[O-]. The van der Waals surface area contributed by atoms with Gasteiger partial charge in [-0.15, -0.1) is 0 Å². The molecule has 0 aliphatic rings. The Hall–Kier alpha value is -2.96. The van der Waals surface area contributed by atoms with Crippen molar-refractivity contribution >= 4 is 11.6 Å². The molecule has 0 aromatic heterocycles. The van der Waals surface area contributed by atoms with Crippen molar-refractivity contribution in [3.63, 3.8) is 0 Å². The average molecular weight is 332 g/mol. The average Bonchev–Trinajstić information content (AvgIpc) is 2.56. The number of benzene rings is 2. The first-order valence-corrected chi connectivity index (χ1v) is 7.36. The second-order valence-corrected chi connectivity index (χ2v) is 5.14. The highest BCUT2D eigenvalue weighted by molar-refractivity contribution is 5.95. The Kier molecular flexibility index (Phi) is 5.47. The molecule has 0 aliphatic heterocycles. The molecular formula is C17H17FN2O4. The predicted molar refractivity (Wildman–Crippen MR) is 86.6 cm³/mol. The van der Waals surface area contributed by atoms with Crippen LogP contribution in [0.2, 0.25) is 0 Å². The van der Waals surface area contributed by atoms with Gasteiger partial charge in [-0.2, -0.15) is 0 Å². The summed E-state index contributed by atoms with van der Waals surface area (Å²) in [6.45, 7) is 3.77. The van der Waals surface area contributed by atoms with Crippen LogP contribution in [0.1, 0.15) is 28.4 Å². The molecule has 0 radical (unpaired) electrons. The first-order chi connectivity index (χ1) is 11.4. The standard InChI is InChI=1S/C17H17FN2O4/c1-3-24-16-7-6-13(9-15(16)20(22)23)17(21)19-10-12-5-4-11(2)14(18)8-12/h4-9H,3,10H2,1-2H3,(H,19,21). The van der Waals surface area contributed by atoms with E-state index in [0.29, 0.717) is 11.1 Å². The van der Waals surface area contributed by atoms with E-state index in [-0.39, 0.29) is 36.0 Å². The number of halogens is 1. The molecule has 0 aliphatic carbocycles. The minimum absolute atomic E-state index is 0.111. The lowest BCUT2D eigenvalue weighted by Crippen LogP contribution is -2.23. The first kappa shape index (κ1) is 17.4. The monoisotopic (exact) mass is 332 g/mol. The molecule has 1 amide bonds. The Bertz CT molecular complexity index is 777. The van der Waals surface area contributed by atoms with Gasteiger partial charge in [0.2, 0.25) is 0 Å². The van der Waals surface area contributed by atoms with Gasteiger partial charge >= 0.3 is 5.69 Å². The van der Waals surface area contributed by atoms with Crippen molar-refractivity contribution in [2.24, 2.45) is 0 Å². The molecule has 0 bridgehead atoms. The van der Waals surface area contributed by atoms with Crippen molar-refractivity contribution < 1.29 is 18.8 Å². The van der Waals surface area contributed by atoms with Gasteiger partial charge in [-0.05, 0) is 43.2 Å². The van der Waals surface area contributed by atoms with Gasteiger partial charge in [-0.3, -0.25) is 14.9 Å². The Morgan fingerprint density at radius 3 is 2.67 bits per heavy atom. The van der Waals surface area contributed by atoms with Gasteiger partial charge in [0, 0.05) is 18.2 Å². The molecule has 1 N–H and O–H groups in total. The summed E-state index contributed by atoms with van der Waals surface area (Å²) < 4.78 is 18.7. The summed E-state index contributed by atoms with van der Waals surface area (Å²) in [6.07, 6.45) is 0. The third-order valence-corrected chi connectivity index (χ3v) is 3.41. The van der Waals surface area contributed by atoms with Crippen LogP contribution in [0.15, 0.2) is 36.4 Å². The molecule has 126 valence electrons. The number of nitro groups is 1. The second-order valence-electron chi connectivity index (χ2n) is 5.14. The van der Waals surface area contributed by atoms with Gasteiger partial charge in [0.1, 0.15) is 5.82 Å². The summed E-state index contributed by atoms with van der Waals surface area (Å²) in [5, 5.41) is 13.7. The number of amides is 1. The van der Waals surface area contributed by atoms with Crippen LogP contribution in [0.25, 0.3) is 0 Å². The predicted octanol–water partition coefficient (Wildman–Crippen LogP) is 3.37. The first-order valence-electron chi connectivity index (χ1n) is 7.36. The summed E-state index contributed by atoms with van der Waals surface area (Å²) in [6, 6.07) is 8.68. The number of nitrogens with zero attached hydrogens (tertiary/aromatic N) is 1. The van der Waals surface area contributed by atoms with Crippen molar-refractivity contribution in [1.82, 2.24) is 5.32 Å². The molecule has 0 fully saturated rings. The van der Waals surface area contributed by atoms with Crippen LogP contribution >= 0.6 is 0 Å². The third kappa shape index (κ3) is 4.07. The van der Waals surface area contributed by atoms with Crippen molar-refractivity contribution in [2.75, 3.05) is 6.61 Å². The van der Waals surface area contributed by atoms with Gasteiger partial charge in [0.05, 0.1) is 11.5 Å². The number of carbonyl (C=O) groups excluding carboxylic acids is 1. The maximum absolute atomic E-state index is 13.5. The number of hydrogen-bond acceptors (Lipinski definition) is 4. The van der Waals surface area contributed by atoms with Gasteiger partial charge in [-0.25, -0.2) is 4.39 Å². The maximum Gasteiger partial charge on any atom is 0.311 e. The highest BCUT2D eigenvalue weighted by Crippen LogP contribution is 2.28. The van der Waals surface area contributed by atoms with Crippen LogP contribution in [0.3, 0.4) is 0 Å². The topological polar surface area (TPSA) is 81.5 Å². The molecule has 0 heterocycles. The van der Waals surface area contributed by atoms with E-state index in [1.807, 2.05) is 0 Å². The Labute approximate surface area is 138 Å². The molecule has 7 heteroatoms. The lowest BCUT2D eigenvalue weighted by molar-refractivity contribution is -0.385. The molecule has 0 atom stereocenters. The number of rotatable bonds is 6. The van der Waals surface area contributed by atoms with Gasteiger partial charge in [0.15, 0.2) is 5.75 Å². The van der Waals surface area contributed by atoms with Crippen LogP contribution in [0.5, 0.6) is 5.75 Å². The van der Waals surface area contributed by atoms with Crippen molar-refractivity contribution in [1.29, 1.82) is 0 Å². The molecule has 24 heavy (non-hydrogen) atoms. The fourth-order valence-electron chi connectivity index (χ4n) is 2.11. The molecule has 0 saturated heterocycles. The van der Waals surface area contributed by atoms with E-state index < -0.39 is 10.8 Å². The van der Waals surface area contributed by atoms with Gasteiger partial charge in [0.25, 0.3) is 5.91 Å². The van der Waals surface area contributed by atoms with Crippen LogP contribution in [0.4, 0.5) is 10.1 Å². The van der Waals surface area contributed by atoms with Crippen LogP contribution < -0.4 is 10.1 Å². The van der Waals surface area contributed by atoms with E-state index >= 15 is 0 Å². The van der Waals surface area contributed by atoms with E-state index in [2.05, 4.69) is 5.32 Å². The second kappa shape index (κ2) is 7.54. The third-order valence-electron chi connectivity index (χ3n) is 3.41. The number of carbonyl (C=O) groups is 1. The van der Waals surface area contributed by atoms with E-state index in [0.717, 1.165) is 6.07 Å². The molecule has 2 aromatic carbocycles. The van der Waals surface area contributed by atoms with E-state index in [1.165, 1.54) is 18.2 Å². The summed E-state index contributed by atoms with van der Waals surface area (Å²) in [7, 11) is 0. The zero-order chi connectivity index (χ0) is 17.7. The number of aryl methyl sites for hydroxylation is 1. The van der Waals surface area contributed by atoms with Crippen LogP contribution in [-0.2, 0) is 6.54 Å². The van der Waals surface area contributed by atoms with Gasteiger partial charge in [-0.1, -0.05) is 12.1 Å². The lowest BCUT2D eigenvalue weighted by atomic mass is 10.1. The van der Waals surface area contributed by atoms with E-state index in [1.54, 1.807) is 26.0 Å². The minimum atomic E-state index is -0.600. The highest BCUT2D eigenvalue weighted by Gasteiger charge is 2.18. The van der Waals surface area contributed by atoms with Crippen LogP contribution in [-0.4, -0.2) is 17.4 Å². The lowest BCUT2D eigenvalue weighted by Gasteiger charge is -2.08. The minimum Gasteiger partial charge on any atom is -0.487 e. The van der Waals surface area contributed by atoms with E-state index in [9.17, 15) is 19.3 Å². The molecular weight excluding hydrogens is 315 g/mol. The summed E-state index contributed by atoms with van der Waals surface area (Å²) in [5.74, 6) is -0.722. The highest BCUT2D eigenvalue weighted by atomic mass is 19.1. The molecule has 6 nitrogen and oxygen atoms in total. The Morgan fingerprint density at radius 2 is 2.04 bits per heavy atom. The molecule has 2 aromatic rings. The van der Waals surface area contributed by atoms with E-state index in [4.69, 9.17) is 4.74 Å². The van der Waals surface area contributed by atoms with Crippen molar-refractivity contribution in [3.05, 3.63) is 69.0 Å². The molecule has 0 unspecified atom stereocenters. The maximum atomic E-state index is 13.5. The van der Waals surface area contributed by atoms with Crippen molar-refractivity contribution in [2.45, 2.75) is 20.4 Å². The number of nitrogens with one attached hydrogen (secondary N) is 1. The van der Waals surface area contributed by atoms with Crippen LogP contribution in [0, 0.1) is 22.9 Å². The summed E-state index contributed by atoms with van der Waals surface area (Å²) in [4.78, 5) is 22.6. The van der Waals surface area contributed by atoms with Gasteiger partial charge < -0.3 is 10.1 Å². The van der Waals surface area contributed by atoms with Crippen molar-refractivity contribution in [3.8, 4) is 5.75 Å². The number of hydrogen-bond donors (Lipinski definition) is 1. The summed E-state index contributed by atoms with van der Waals surface area (Å²) in [5.41, 5.74) is 0.989. The quantitative estimate of drug-likeness (QED) is 0.649. The largest absolute Gasteiger partial charge is 0.487 e. The molecule has 0 spiro atoms. The normalized spacial score (nSPS) is 10.3. The molecule has 0 saturated carbocycles.